The van der Waals surface area contributed by atoms with Crippen molar-refractivity contribution in [2.24, 2.45) is 5.92 Å². The highest BCUT2D eigenvalue weighted by Crippen LogP contribution is 2.34. The maximum Gasteiger partial charge on any atom is 0.116 e. The molecule has 2 bridgehead atoms. The van der Waals surface area contributed by atoms with Crippen molar-refractivity contribution in [1.29, 1.82) is 0 Å². The lowest BCUT2D eigenvalue weighted by atomic mass is 9.89. The Balaban J connectivity index is 1.76. The number of hydrogen-bond acceptors (Lipinski definition) is 2. The molecule has 2 heteroatoms. The monoisotopic (exact) mass is 265 g/mol. The van der Waals surface area contributed by atoms with Crippen LogP contribution < -0.4 is 0 Å². The van der Waals surface area contributed by atoms with Gasteiger partial charge >= 0.3 is 0 Å². The third-order valence-electron chi connectivity index (χ3n) is 4.62. The molecule has 0 spiro atoms. The fraction of sp³-hybridized carbons (Fsp3) is 0.333. The van der Waals surface area contributed by atoms with E-state index in [1.54, 1.807) is 6.07 Å². The smallest absolute Gasteiger partial charge is 0.116 e. The molecule has 102 valence electrons. The van der Waals surface area contributed by atoms with Crippen LogP contribution in [0.2, 0.25) is 0 Å². The Morgan fingerprint density at radius 1 is 1.05 bits per heavy atom. The van der Waals surface area contributed by atoms with E-state index in [0.29, 0.717) is 5.75 Å². The summed E-state index contributed by atoms with van der Waals surface area (Å²) in [7, 11) is 0. The summed E-state index contributed by atoms with van der Waals surface area (Å²) >= 11 is 0. The highest BCUT2D eigenvalue weighted by Gasteiger charge is 2.25. The van der Waals surface area contributed by atoms with Crippen LogP contribution in [0, 0.1) is 5.92 Å². The van der Waals surface area contributed by atoms with Crippen LogP contribution in [0.4, 0.5) is 0 Å². The third kappa shape index (κ3) is 1.96. The zero-order chi connectivity index (χ0) is 13.5. The van der Waals surface area contributed by atoms with Gasteiger partial charge in [-0.25, -0.2) is 0 Å². The van der Waals surface area contributed by atoms with Gasteiger partial charge in [-0.15, -0.1) is 0 Å². The Hall–Kier alpha value is -1.96. The molecule has 1 saturated heterocycles. The maximum absolute atomic E-state index is 9.55. The van der Waals surface area contributed by atoms with Crippen LogP contribution >= 0.6 is 0 Å². The Kier molecular flexibility index (Phi) is 2.69. The van der Waals surface area contributed by atoms with Gasteiger partial charge in [0.1, 0.15) is 5.75 Å². The summed E-state index contributed by atoms with van der Waals surface area (Å²) in [5.41, 5.74) is 2.71. The van der Waals surface area contributed by atoms with Crippen molar-refractivity contribution in [1.82, 2.24) is 4.90 Å². The van der Waals surface area contributed by atoms with Crippen molar-refractivity contribution in [3.05, 3.63) is 48.0 Å². The van der Waals surface area contributed by atoms with Crippen LogP contribution in [0.5, 0.6) is 5.75 Å². The molecule has 0 radical (unpaired) electrons. The molecule has 1 atom stereocenters. The topological polar surface area (TPSA) is 23.5 Å². The second-order valence-corrected chi connectivity index (χ2v) is 6.03. The number of piperidine rings is 1. The molecule has 0 aromatic heterocycles. The minimum Gasteiger partial charge on any atom is -0.508 e. The molecule has 0 saturated carbocycles. The number of phenolic OH excluding ortho intramolecular Hbond substituents is 1. The largest absolute Gasteiger partial charge is 0.508 e. The molecule has 4 rings (SSSR count). The van der Waals surface area contributed by atoms with Crippen molar-refractivity contribution in [3.8, 4) is 5.75 Å². The van der Waals surface area contributed by atoms with Crippen LogP contribution in [0.3, 0.4) is 0 Å². The number of hydrogen-bond donors (Lipinski definition) is 1. The molecule has 0 aliphatic carbocycles. The number of allylic oxidation sites excluding steroid dienone is 1. The summed E-state index contributed by atoms with van der Waals surface area (Å²) in [5.74, 6) is 1.20. The van der Waals surface area contributed by atoms with Crippen LogP contribution in [0.25, 0.3) is 16.5 Å². The average molecular weight is 265 g/mol. The first-order valence-corrected chi connectivity index (χ1v) is 7.48. The normalized spacial score (nSPS) is 21.9. The molecule has 2 heterocycles. The summed E-state index contributed by atoms with van der Waals surface area (Å²) in [6.45, 7) is 2.41. The van der Waals surface area contributed by atoms with E-state index in [0.717, 1.165) is 11.3 Å². The Morgan fingerprint density at radius 2 is 1.90 bits per heavy atom. The molecule has 2 aliphatic heterocycles. The molecule has 1 unspecified atom stereocenters. The fourth-order valence-electron chi connectivity index (χ4n) is 3.58. The lowest BCUT2D eigenvalue weighted by Gasteiger charge is -2.39. The van der Waals surface area contributed by atoms with Gasteiger partial charge in [0.2, 0.25) is 0 Å². The second-order valence-electron chi connectivity index (χ2n) is 6.03. The number of aromatic hydroxyl groups is 1. The van der Waals surface area contributed by atoms with Gasteiger partial charge in [-0.3, -0.25) is 0 Å². The first kappa shape index (κ1) is 11.8. The van der Waals surface area contributed by atoms with E-state index in [1.807, 2.05) is 12.1 Å². The lowest BCUT2D eigenvalue weighted by Crippen LogP contribution is -2.36. The average Bonchev–Trinajstić information content (AvgIpc) is 2.47. The van der Waals surface area contributed by atoms with E-state index in [-0.39, 0.29) is 0 Å². The van der Waals surface area contributed by atoms with Crippen LogP contribution in [-0.2, 0) is 0 Å². The number of rotatable bonds is 1. The second kappa shape index (κ2) is 4.55. The third-order valence-corrected chi connectivity index (χ3v) is 4.62. The highest BCUT2D eigenvalue weighted by molar-refractivity contribution is 5.87. The molecule has 1 fully saturated rings. The number of phenols is 1. The Morgan fingerprint density at radius 3 is 2.85 bits per heavy atom. The highest BCUT2D eigenvalue weighted by atomic mass is 16.3. The van der Waals surface area contributed by atoms with Gasteiger partial charge in [0.25, 0.3) is 0 Å². The van der Waals surface area contributed by atoms with E-state index in [4.69, 9.17) is 0 Å². The van der Waals surface area contributed by atoms with Gasteiger partial charge in [-0.2, -0.15) is 0 Å². The SMILES string of the molecule is Oc1ccc2cc(C3=CCC4CCCN3C4)ccc2c1. The quantitative estimate of drug-likeness (QED) is 0.842. The van der Waals surface area contributed by atoms with E-state index >= 15 is 0 Å². The molecule has 0 amide bonds. The summed E-state index contributed by atoms with van der Waals surface area (Å²) in [5, 5.41) is 11.8. The van der Waals surface area contributed by atoms with Gasteiger partial charge in [-0.05, 0) is 59.7 Å². The first-order chi connectivity index (χ1) is 9.79. The van der Waals surface area contributed by atoms with Gasteiger partial charge in [0, 0.05) is 18.8 Å². The molecular formula is C18H19NO. The maximum atomic E-state index is 9.55. The summed E-state index contributed by atoms with van der Waals surface area (Å²) in [6.07, 6.45) is 6.34. The predicted molar refractivity (Wildman–Crippen MR) is 82.5 cm³/mol. The summed E-state index contributed by atoms with van der Waals surface area (Å²) in [4.78, 5) is 2.54. The van der Waals surface area contributed by atoms with Crippen molar-refractivity contribution < 1.29 is 5.11 Å². The van der Waals surface area contributed by atoms with Crippen molar-refractivity contribution in [3.63, 3.8) is 0 Å². The van der Waals surface area contributed by atoms with Crippen molar-refractivity contribution in [2.45, 2.75) is 19.3 Å². The molecular weight excluding hydrogens is 246 g/mol. The van der Waals surface area contributed by atoms with Gasteiger partial charge in [-0.1, -0.05) is 24.3 Å². The summed E-state index contributed by atoms with van der Waals surface area (Å²) in [6, 6.07) is 12.1. The lowest BCUT2D eigenvalue weighted by molar-refractivity contribution is 0.233. The van der Waals surface area contributed by atoms with Gasteiger partial charge in [0.15, 0.2) is 0 Å². The van der Waals surface area contributed by atoms with Crippen LogP contribution in [0.15, 0.2) is 42.5 Å². The Bertz CT molecular complexity index is 689. The minimum atomic E-state index is 0.334. The van der Waals surface area contributed by atoms with Gasteiger partial charge in [0.05, 0.1) is 0 Å². The van der Waals surface area contributed by atoms with Gasteiger partial charge < -0.3 is 10.0 Å². The zero-order valence-corrected chi connectivity index (χ0v) is 11.5. The molecule has 2 aliphatic rings. The summed E-state index contributed by atoms with van der Waals surface area (Å²) < 4.78 is 0. The number of benzene rings is 2. The first-order valence-electron chi connectivity index (χ1n) is 7.48. The minimum absolute atomic E-state index is 0.334. The molecule has 1 N–H and O–H groups in total. The number of nitrogens with zero attached hydrogens (tertiary/aromatic N) is 1. The predicted octanol–water partition coefficient (Wildman–Crippen LogP) is 4.00. The molecule has 2 aromatic carbocycles. The molecule has 20 heavy (non-hydrogen) atoms. The standard InChI is InChI=1S/C18H19NO/c20-17-7-6-14-10-16(5-4-15(14)11-17)18-8-3-13-2-1-9-19(18)12-13/h4-8,10-11,13,20H,1-3,9,12H2. The van der Waals surface area contributed by atoms with E-state index < -0.39 is 0 Å². The van der Waals surface area contributed by atoms with Crippen molar-refractivity contribution in [2.75, 3.05) is 13.1 Å². The van der Waals surface area contributed by atoms with Crippen LogP contribution in [-0.4, -0.2) is 23.1 Å². The van der Waals surface area contributed by atoms with Crippen LogP contribution in [0.1, 0.15) is 24.8 Å². The van der Waals surface area contributed by atoms with E-state index in [1.165, 1.54) is 49.0 Å². The zero-order valence-electron chi connectivity index (χ0n) is 11.5. The van der Waals surface area contributed by atoms with E-state index in [9.17, 15) is 5.11 Å². The Labute approximate surface area is 119 Å². The van der Waals surface area contributed by atoms with E-state index in [2.05, 4.69) is 29.2 Å². The number of fused-ring (bicyclic) bond motifs is 3. The fourth-order valence-corrected chi connectivity index (χ4v) is 3.58. The van der Waals surface area contributed by atoms with Crippen molar-refractivity contribution >= 4 is 16.5 Å². The molecule has 2 nitrogen and oxygen atoms in total. The molecule has 2 aromatic rings.